The molecule has 182 valence electrons. The normalized spacial score (nSPS) is 25.9. The van der Waals surface area contributed by atoms with Gasteiger partial charge in [0.1, 0.15) is 6.07 Å². The molecule has 1 rings (SSSR count). The molecule has 0 amide bonds. The summed E-state index contributed by atoms with van der Waals surface area (Å²) in [6.45, 7) is 7.94. The molecule has 0 heterocycles. The second-order valence-corrected chi connectivity index (χ2v) is 7.49. The molecule has 32 heavy (non-hydrogen) atoms. The summed E-state index contributed by atoms with van der Waals surface area (Å²) < 4.78 is 26.9. The molecule has 1 aliphatic rings. The highest BCUT2D eigenvalue weighted by Crippen LogP contribution is 2.45. The molecule has 1 aliphatic carbocycles. The van der Waals surface area contributed by atoms with Gasteiger partial charge in [-0.15, -0.1) is 0 Å². The third-order valence-electron chi connectivity index (χ3n) is 5.18. The molecular weight excluding hydrogens is 422 g/mol. The minimum atomic E-state index is -2.10. The SMILES string of the molecule is CCOCCOC(C#N)(C=C[C@]1(CC(=O)O)C[C@@H](OC(C)OCC)C[C@H]1O)C(=O)OCC. The average molecular weight is 458 g/mol. The summed E-state index contributed by atoms with van der Waals surface area (Å²) in [5.41, 5.74) is -3.36. The molecule has 2 unspecified atom stereocenters. The van der Waals surface area contributed by atoms with E-state index in [-0.39, 0.29) is 32.7 Å². The molecule has 0 bridgehead atoms. The number of aliphatic hydroxyl groups excluding tert-OH is 1. The predicted molar refractivity (Wildman–Crippen MR) is 112 cm³/mol. The number of aliphatic hydroxyl groups is 1. The highest BCUT2D eigenvalue weighted by Gasteiger charge is 2.49. The largest absolute Gasteiger partial charge is 0.481 e. The predicted octanol–water partition coefficient (Wildman–Crippen LogP) is 1.80. The number of carbonyl (C=O) groups is 2. The molecule has 2 N–H and O–H groups in total. The first-order valence-electron chi connectivity index (χ1n) is 10.9. The van der Waals surface area contributed by atoms with E-state index in [9.17, 15) is 25.1 Å². The number of ether oxygens (including phenoxy) is 5. The van der Waals surface area contributed by atoms with Crippen LogP contribution in [0, 0.1) is 16.7 Å². The highest BCUT2D eigenvalue weighted by molar-refractivity contribution is 5.86. The quantitative estimate of drug-likeness (QED) is 0.162. The van der Waals surface area contributed by atoms with E-state index >= 15 is 0 Å². The fraction of sp³-hybridized carbons (Fsp3) is 0.773. The lowest BCUT2D eigenvalue weighted by Gasteiger charge is -2.29. The minimum absolute atomic E-state index is 0.0268. The lowest BCUT2D eigenvalue weighted by atomic mass is 9.79. The van der Waals surface area contributed by atoms with E-state index < -0.39 is 47.9 Å². The number of rotatable bonds is 15. The lowest BCUT2D eigenvalue weighted by Crippen LogP contribution is -2.42. The Kier molecular flexibility index (Phi) is 11.8. The average Bonchev–Trinajstić information content (AvgIpc) is 3.02. The standard InChI is InChI=1S/C22H35NO9/c1-5-28-10-11-31-22(15-23,20(27)30-7-3)9-8-21(14-19(25)26)13-17(12-18(21)24)32-16(4)29-6-2/h8-9,16-18,24H,5-7,10-14H2,1-4H3,(H,25,26)/t16?,17-,18+,21+,22?/m0/s1. The smallest absolute Gasteiger partial charge is 0.357 e. The van der Waals surface area contributed by atoms with Crippen LogP contribution in [-0.2, 0) is 33.3 Å². The van der Waals surface area contributed by atoms with Gasteiger partial charge in [-0.05, 0) is 40.2 Å². The van der Waals surface area contributed by atoms with Crippen molar-refractivity contribution in [1.29, 1.82) is 5.26 Å². The van der Waals surface area contributed by atoms with Crippen LogP contribution in [0.15, 0.2) is 12.2 Å². The second-order valence-electron chi connectivity index (χ2n) is 7.49. The van der Waals surface area contributed by atoms with Gasteiger partial charge in [-0.1, -0.05) is 6.08 Å². The van der Waals surface area contributed by atoms with Gasteiger partial charge in [-0.25, -0.2) is 4.79 Å². The van der Waals surface area contributed by atoms with Crippen molar-refractivity contribution in [2.45, 2.75) is 71.1 Å². The van der Waals surface area contributed by atoms with E-state index in [4.69, 9.17) is 23.7 Å². The highest BCUT2D eigenvalue weighted by atomic mass is 16.7. The molecule has 1 saturated carbocycles. The summed E-state index contributed by atoms with van der Waals surface area (Å²) in [5.74, 6) is -2.06. The van der Waals surface area contributed by atoms with Gasteiger partial charge in [0.05, 0.1) is 38.4 Å². The van der Waals surface area contributed by atoms with Gasteiger partial charge in [0.25, 0.3) is 5.60 Å². The number of carboxylic acid groups (broad SMARTS) is 1. The minimum Gasteiger partial charge on any atom is -0.481 e. The molecule has 0 aromatic heterocycles. The first kappa shape index (κ1) is 28.0. The lowest BCUT2D eigenvalue weighted by molar-refractivity contribution is -0.161. The molecule has 0 spiro atoms. The third kappa shape index (κ3) is 7.83. The van der Waals surface area contributed by atoms with Crippen molar-refractivity contribution in [3.63, 3.8) is 0 Å². The van der Waals surface area contributed by atoms with E-state index in [0.29, 0.717) is 13.2 Å². The molecule has 0 aromatic rings. The number of hydrogen-bond acceptors (Lipinski definition) is 9. The Labute approximate surface area is 189 Å². The summed E-state index contributed by atoms with van der Waals surface area (Å²) >= 11 is 0. The van der Waals surface area contributed by atoms with Gasteiger partial charge in [0.15, 0.2) is 6.29 Å². The molecule has 0 aliphatic heterocycles. The molecule has 1 fully saturated rings. The van der Waals surface area contributed by atoms with E-state index in [2.05, 4.69) is 0 Å². The molecule has 10 nitrogen and oxygen atoms in total. The van der Waals surface area contributed by atoms with Crippen molar-refractivity contribution in [1.82, 2.24) is 0 Å². The molecule has 0 aromatic carbocycles. The number of nitrogens with zero attached hydrogens (tertiary/aromatic N) is 1. The molecular formula is C22H35NO9. The summed E-state index contributed by atoms with van der Waals surface area (Å²) in [7, 11) is 0. The van der Waals surface area contributed by atoms with Gasteiger partial charge in [-0.3, -0.25) is 4.79 Å². The van der Waals surface area contributed by atoms with E-state index in [0.717, 1.165) is 0 Å². The van der Waals surface area contributed by atoms with Gasteiger partial charge >= 0.3 is 11.9 Å². The number of aliphatic carboxylic acids is 1. The van der Waals surface area contributed by atoms with Crippen LogP contribution < -0.4 is 0 Å². The van der Waals surface area contributed by atoms with Crippen LogP contribution in [0.1, 0.15) is 47.0 Å². The van der Waals surface area contributed by atoms with Crippen molar-refractivity contribution in [3.05, 3.63) is 12.2 Å². The molecule has 0 radical (unpaired) electrons. The van der Waals surface area contributed by atoms with E-state index in [1.54, 1.807) is 20.8 Å². The summed E-state index contributed by atoms with van der Waals surface area (Å²) in [6.07, 6.45) is 0.414. The molecule has 10 heteroatoms. The van der Waals surface area contributed by atoms with Crippen molar-refractivity contribution in [2.75, 3.05) is 33.0 Å². The first-order valence-corrected chi connectivity index (χ1v) is 10.9. The van der Waals surface area contributed by atoms with Crippen LogP contribution in [0.25, 0.3) is 0 Å². The maximum atomic E-state index is 12.6. The van der Waals surface area contributed by atoms with Gasteiger partial charge in [-0.2, -0.15) is 5.26 Å². The number of carbonyl (C=O) groups excluding carboxylic acids is 1. The zero-order valence-electron chi connectivity index (χ0n) is 19.2. The van der Waals surface area contributed by atoms with Crippen LogP contribution in [0.2, 0.25) is 0 Å². The maximum Gasteiger partial charge on any atom is 0.357 e. The van der Waals surface area contributed by atoms with Crippen molar-refractivity contribution >= 4 is 11.9 Å². The van der Waals surface area contributed by atoms with Crippen LogP contribution in [0.3, 0.4) is 0 Å². The fourth-order valence-electron chi connectivity index (χ4n) is 3.70. The van der Waals surface area contributed by atoms with Crippen molar-refractivity contribution in [3.8, 4) is 6.07 Å². The summed E-state index contributed by atoms with van der Waals surface area (Å²) in [5, 5.41) is 30.0. The van der Waals surface area contributed by atoms with Gasteiger partial charge in [0.2, 0.25) is 0 Å². The third-order valence-corrected chi connectivity index (χ3v) is 5.18. The Balaban J connectivity index is 3.20. The Bertz CT molecular complexity index is 677. The first-order chi connectivity index (χ1) is 15.2. The monoisotopic (exact) mass is 457 g/mol. The number of esters is 1. The zero-order chi connectivity index (χ0) is 24.2. The van der Waals surface area contributed by atoms with Gasteiger partial charge < -0.3 is 33.9 Å². The van der Waals surface area contributed by atoms with E-state index in [1.165, 1.54) is 12.2 Å². The van der Waals surface area contributed by atoms with Crippen LogP contribution in [0.5, 0.6) is 0 Å². The molecule has 5 atom stereocenters. The number of nitriles is 1. The van der Waals surface area contributed by atoms with Crippen molar-refractivity contribution in [2.24, 2.45) is 5.41 Å². The van der Waals surface area contributed by atoms with Crippen molar-refractivity contribution < 1.29 is 43.5 Å². The maximum absolute atomic E-state index is 12.6. The summed E-state index contributed by atoms with van der Waals surface area (Å²) in [6, 6.07) is 1.83. The van der Waals surface area contributed by atoms with Crippen LogP contribution in [0.4, 0.5) is 0 Å². The molecule has 0 saturated heterocycles. The Hall–Kier alpha value is -2.03. The van der Waals surface area contributed by atoms with E-state index in [1.807, 2.05) is 13.0 Å². The number of hydrogen-bond donors (Lipinski definition) is 2. The Morgan fingerprint density at radius 1 is 1.25 bits per heavy atom. The number of carboxylic acids is 1. The Morgan fingerprint density at radius 3 is 2.53 bits per heavy atom. The topological polar surface area (TPSA) is 145 Å². The van der Waals surface area contributed by atoms with Gasteiger partial charge in [0, 0.05) is 25.0 Å². The Morgan fingerprint density at radius 2 is 1.97 bits per heavy atom. The summed E-state index contributed by atoms with van der Waals surface area (Å²) in [4.78, 5) is 24.2. The fourth-order valence-corrected chi connectivity index (χ4v) is 3.70. The zero-order valence-corrected chi connectivity index (χ0v) is 19.2. The van der Waals surface area contributed by atoms with Crippen LogP contribution in [-0.4, -0.2) is 79.3 Å². The van der Waals surface area contributed by atoms with Crippen LogP contribution >= 0.6 is 0 Å². The second kappa shape index (κ2) is 13.5.